The zero-order valence-electron chi connectivity index (χ0n) is 20.3. The molecule has 0 spiro atoms. The number of hydrogen-bond acceptors (Lipinski definition) is 3. The van der Waals surface area contributed by atoms with Gasteiger partial charge in [-0.1, -0.05) is 54.6 Å². The predicted molar refractivity (Wildman–Crippen MR) is 132 cm³/mol. The lowest BCUT2D eigenvalue weighted by Gasteiger charge is -2.35. The van der Waals surface area contributed by atoms with Crippen molar-refractivity contribution in [3.05, 3.63) is 95.3 Å². The molecule has 0 bridgehead atoms. The molecule has 1 unspecified atom stereocenters. The van der Waals surface area contributed by atoms with Crippen LogP contribution >= 0.6 is 0 Å². The van der Waals surface area contributed by atoms with Crippen molar-refractivity contribution in [3.8, 4) is 11.1 Å². The van der Waals surface area contributed by atoms with Gasteiger partial charge < -0.3 is 15.1 Å². The van der Waals surface area contributed by atoms with Crippen LogP contribution in [-0.2, 0) is 11.0 Å². The molecule has 5 nitrogen and oxygen atoms in total. The van der Waals surface area contributed by atoms with E-state index in [1.54, 1.807) is 4.90 Å². The number of carbonyl (C=O) groups is 2. The highest BCUT2D eigenvalue weighted by molar-refractivity contribution is 5.96. The smallest absolute Gasteiger partial charge is 0.338 e. The van der Waals surface area contributed by atoms with Crippen molar-refractivity contribution in [2.24, 2.45) is 0 Å². The van der Waals surface area contributed by atoms with E-state index in [0.29, 0.717) is 18.2 Å². The van der Waals surface area contributed by atoms with Crippen molar-refractivity contribution in [1.29, 1.82) is 0 Å². The number of piperazine rings is 1. The van der Waals surface area contributed by atoms with Crippen LogP contribution in [0.2, 0.25) is 0 Å². The highest BCUT2D eigenvalue weighted by Gasteiger charge is 2.37. The summed E-state index contributed by atoms with van der Waals surface area (Å²) in [7, 11) is 0. The van der Waals surface area contributed by atoms with Crippen LogP contribution in [-0.4, -0.2) is 54.3 Å². The first-order chi connectivity index (χ1) is 17.6. The van der Waals surface area contributed by atoms with E-state index >= 15 is 0 Å². The van der Waals surface area contributed by atoms with Gasteiger partial charge in [0.25, 0.3) is 5.91 Å². The molecule has 1 atom stereocenters. The van der Waals surface area contributed by atoms with Crippen LogP contribution in [0.15, 0.2) is 72.8 Å². The Balaban J connectivity index is 1.29. The molecule has 1 heterocycles. The fraction of sp³-hybridized carbons (Fsp3) is 0.286. The van der Waals surface area contributed by atoms with Crippen LogP contribution in [0.4, 0.5) is 17.6 Å². The average molecular weight is 514 g/mol. The number of halogens is 4. The van der Waals surface area contributed by atoms with Crippen LogP contribution in [0.25, 0.3) is 11.1 Å². The first-order valence-corrected chi connectivity index (χ1v) is 12.0. The van der Waals surface area contributed by atoms with E-state index in [4.69, 9.17) is 0 Å². The van der Waals surface area contributed by atoms with E-state index in [9.17, 15) is 27.2 Å². The predicted octanol–water partition coefficient (Wildman–Crippen LogP) is 5.15. The monoisotopic (exact) mass is 513 g/mol. The van der Waals surface area contributed by atoms with Crippen LogP contribution in [0.3, 0.4) is 0 Å². The molecule has 194 valence electrons. The molecule has 0 radical (unpaired) electrons. The number of hydrogen-bond donors (Lipinski definition) is 1. The van der Waals surface area contributed by atoms with Gasteiger partial charge in [0.05, 0.1) is 17.7 Å². The van der Waals surface area contributed by atoms with Crippen molar-refractivity contribution in [3.63, 3.8) is 0 Å². The summed E-state index contributed by atoms with van der Waals surface area (Å²) < 4.78 is 53.5. The third kappa shape index (κ3) is 6.35. The minimum atomic E-state index is -4.78. The van der Waals surface area contributed by atoms with Gasteiger partial charge in [-0.05, 0) is 41.8 Å². The molecule has 1 N–H and O–H groups in total. The van der Waals surface area contributed by atoms with Crippen molar-refractivity contribution < 1.29 is 27.2 Å². The fourth-order valence-corrected chi connectivity index (χ4v) is 4.33. The van der Waals surface area contributed by atoms with Crippen molar-refractivity contribution >= 4 is 11.8 Å². The van der Waals surface area contributed by atoms with Crippen molar-refractivity contribution in [1.82, 2.24) is 15.1 Å². The highest BCUT2D eigenvalue weighted by Crippen LogP contribution is 2.33. The molecule has 3 aromatic carbocycles. The number of alkyl halides is 3. The largest absolute Gasteiger partial charge is 0.417 e. The number of rotatable bonds is 6. The standard InChI is InChI=1S/C28H27F4N3O2/c1-19(20-7-9-22(10-8-20)21-5-3-2-4-6-21)33-18-26(36)34-13-15-35(16-14-34)27(37)24-17-23(29)11-12-25(24)28(30,31)32/h2-12,17,19,33H,13-16,18H2,1H3. The van der Waals surface area contributed by atoms with Gasteiger partial charge in [-0.15, -0.1) is 0 Å². The van der Waals surface area contributed by atoms with E-state index in [1.807, 2.05) is 61.5 Å². The van der Waals surface area contributed by atoms with Gasteiger partial charge in [-0.2, -0.15) is 13.2 Å². The zero-order valence-corrected chi connectivity index (χ0v) is 20.3. The van der Waals surface area contributed by atoms with Crippen LogP contribution in [0, 0.1) is 5.82 Å². The molecule has 2 amide bonds. The third-order valence-electron chi connectivity index (χ3n) is 6.51. The molecule has 0 aromatic heterocycles. The third-order valence-corrected chi connectivity index (χ3v) is 6.51. The molecule has 1 aliphatic rings. The molecule has 37 heavy (non-hydrogen) atoms. The molecule has 9 heteroatoms. The Bertz CT molecular complexity index is 1240. The summed E-state index contributed by atoms with van der Waals surface area (Å²) >= 11 is 0. The molecule has 0 aliphatic carbocycles. The van der Waals surface area contributed by atoms with Gasteiger partial charge in [0.2, 0.25) is 5.91 Å². The molecule has 1 saturated heterocycles. The van der Waals surface area contributed by atoms with Crippen LogP contribution in [0.5, 0.6) is 0 Å². The molecule has 3 aromatic rings. The Morgan fingerprint density at radius 3 is 2.08 bits per heavy atom. The normalized spacial score (nSPS) is 14.9. The Kier molecular flexibility index (Phi) is 7.92. The maximum absolute atomic E-state index is 13.6. The Morgan fingerprint density at radius 1 is 0.865 bits per heavy atom. The lowest BCUT2D eigenvalue weighted by atomic mass is 10.0. The Hall–Kier alpha value is -3.72. The van der Waals surface area contributed by atoms with E-state index in [1.165, 1.54) is 4.90 Å². The van der Waals surface area contributed by atoms with E-state index < -0.39 is 29.0 Å². The molecule has 1 fully saturated rings. The Labute approximate surface area is 212 Å². The van der Waals surface area contributed by atoms with Gasteiger partial charge in [0, 0.05) is 32.2 Å². The summed E-state index contributed by atoms with van der Waals surface area (Å²) in [4.78, 5) is 28.2. The number of nitrogens with one attached hydrogen (secondary N) is 1. The number of amides is 2. The van der Waals surface area contributed by atoms with Crippen molar-refractivity contribution in [2.75, 3.05) is 32.7 Å². The molecule has 4 rings (SSSR count). The van der Waals surface area contributed by atoms with Gasteiger partial charge in [-0.25, -0.2) is 4.39 Å². The van der Waals surface area contributed by atoms with Gasteiger partial charge in [0.15, 0.2) is 0 Å². The van der Waals surface area contributed by atoms with Crippen LogP contribution < -0.4 is 5.32 Å². The zero-order chi connectivity index (χ0) is 26.6. The van der Waals surface area contributed by atoms with E-state index in [-0.39, 0.29) is 44.7 Å². The molecule has 0 saturated carbocycles. The quantitative estimate of drug-likeness (QED) is 0.464. The minimum Gasteiger partial charge on any atom is -0.338 e. The summed E-state index contributed by atoms with van der Waals surface area (Å²) in [6.45, 7) is 2.53. The van der Waals surface area contributed by atoms with Gasteiger partial charge in [-0.3, -0.25) is 9.59 Å². The lowest BCUT2D eigenvalue weighted by molar-refractivity contribution is -0.138. The van der Waals surface area contributed by atoms with Gasteiger partial charge in [0.1, 0.15) is 5.82 Å². The topological polar surface area (TPSA) is 52.7 Å². The average Bonchev–Trinajstić information content (AvgIpc) is 2.91. The van der Waals surface area contributed by atoms with Crippen molar-refractivity contribution in [2.45, 2.75) is 19.1 Å². The highest BCUT2D eigenvalue weighted by atomic mass is 19.4. The fourth-order valence-electron chi connectivity index (χ4n) is 4.33. The second kappa shape index (κ2) is 11.1. The summed E-state index contributed by atoms with van der Waals surface area (Å²) in [6, 6.07) is 19.9. The molecule has 1 aliphatic heterocycles. The molecular weight excluding hydrogens is 486 g/mol. The maximum Gasteiger partial charge on any atom is 0.417 e. The second-order valence-corrected chi connectivity index (χ2v) is 8.95. The number of benzene rings is 3. The van der Waals surface area contributed by atoms with Gasteiger partial charge >= 0.3 is 6.18 Å². The molecular formula is C28H27F4N3O2. The SMILES string of the molecule is CC(NCC(=O)N1CCN(C(=O)c2cc(F)ccc2C(F)(F)F)CC1)c1ccc(-c2ccccc2)cc1. The Morgan fingerprint density at radius 2 is 1.46 bits per heavy atom. The first-order valence-electron chi connectivity index (χ1n) is 12.0. The lowest BCUT2D eigenvalue weighted by Crippen LogP contribution is -2.52. The summed E-state index contributed by atoms with van der Waals surface area (Å²) in [5.74, 6) is -1.98. The van der Waals surface area contributed by atoms with E-state index in [0.717, 1.165) is 16.7 Å². The number of carbonyl (C=O) groups excluding carboxylic acids is 2. The summed E-state index contributed by atoms with van der Waals surface area (Å²) in [5.41, 5.74) is 1.35. The summed E-state index contributed by atoms with van der Waals surface area (Å²) in [6.07, 6.45) is -4.78. The number of nitrogens with zero attached hydrogens (tertiary/aromatic N) is 2. The summed E-state index contributed by atoms with van der Waals surface area (Å²) in [5, 5.41) is 3.21. The second-order valence-electron chi connectivity index (χ2n) is 8.95. The van der Waals surface area contributed by atoms with E-state index in [2.05, 4.69) is 5.32 Å². The van der Waals surface area contributed by atoms with Crippen LogP contribution in [0.1, 0.15) is 34.5 Å². The first kappa shape index (κ1) is 26.3. The minimum absolute atomic E-state index is 0.0644. The maximum atomic E-state index is 13.6.